The number of thiophene rings is 1. The van der Waals surface area contributed by atoms with E-state index < -0.39 is 10.0 Å². The van der Waals surface area contributed by atoms with Gasteiger partial charge in [0.25, 0.3) is 10.0 Å². The number of rotatable bonds is 7. The van der Waals surface area contributed by atoms with Gasteiger partial charge in [-0.3, -0.25) is 4.79 Å². The molecular weight excluding hydrogens is 332 g/mol. The van der Waals surface area contributed by atoms with Gasteiger partial charge in [-0.1, -0.05) is 25.3 Å². The molecule has 1 aromatic heterocycles. The molecule has 0 atom stereocenters. The second-order valence-corrected chi connectivity index (χ2v) is 9.38. The molecule has 1 aliphatic carbocycles. The molecule has 0 N–H and O–H groups in total. The van der Waals surface area contributed by atoms with E-state index in [0.717, 1.165) is 12.8 Å². The molecule has 0 bridgehead atoms. The summed E-state index contributed by atoms with van der Waals surface area (Å²) in [7, 11) is 0.0458. The van der Waals surface area contributed by atoms with Crippen LogP contribution in [0.3, 0.4) is 0 Å². The number of carbonyl (C=O) groups excluding carboxylic acids is 1. The summed E-state index contributed by atoms with van der Waals surface area (Å²) in [5.41, 5.74) is 0. The second-order valence-electron chi connectivity index (χ2n) is 6.16. The van der Waals surface area contributed by atoms with Gasteiger partial charge in [-0.2, -0.15) is 0 Å². The van der Waals surface area contributed by atoms with Gasteiger partial charge in [-0.15, -0.1) is 11.3 Å². The van der Waals surface area contributed by atoms with Gasteiger partial charge in [0.15, 0.2) is 0 Å². The second kappa shape index (κ2) is 8.26. The maximum absolute atomic E-state index is 12.3. The molecular formula is C16H26N2O3S2. The lowest BCUT2D eigenvalue weighted by atomic mass is 9.94. The average molecular weight is 359 g/mol. The molecule has 130 valence electrons. The summed E-state index contributed by atoms with van der Waals surface area (Å²) < 4.78 is 26.3. The van der Waals surface area contributed by atoms with Gasteiger partial charge in [0.2, 0.25) is 5.91 Å². The van der Waals surface area contributed by atoms with E-state index in [2.05, 4.69) is 0 Å². The third-order valence-electron chi connectivity index (χ3n) is 4.54. The molecule has 0 aliphatic heterocycles. The molecule has 5 nitrogen and oxygen atoms in total. The third-order valence-corrected chi connectivity index (χ3v) is 7.77. The van der Waals surface area contributed by atoms with Crippen LogP contribution >= 0.6 is 11.3 Å². The van der Waals surface area contributed by atoms with Crippen molar-refractivity contribution in [3.05, 3.63) is 17.5 Å². The van der Waals surface area contributed by atoms with Crippen molar-refractivity contribution in [3.63, 3.8) is 0 Å². The fourth-order valence-corrected chi connectivity index (χ4v) is 5.40. The molecule has 2 rings (SSSR count). The van der Waals surface area contributed by atoms with E-state index in [9.17, 15) is 13.2 Å². The molecule has 0 unspecified atom stereocenters. The van der Waals surface area contributed by atoms with Gasteiger partial charge < -0.3 is 4.90 Å². The van der Waals surface area contributed by atoms with Gasteiger partial charge in [0.05, 0.1) is 0 Å². The fraction of sp³-hybridized carbons (Fsp3) is 0.688. The summed E-state index contributed by atoms with van der Waals surface area (Å²) in [6.45, 7) is 0.366. The van der Waals surface area contributed by atoms with Crippen molar-refractivity contribution >= 4 is 27.3 Å². The van der Waals surface area contributed by atoms with E-state index in [4.69, 9.17) is 0 Å². The van der Waals surface area contributed by atoms with Crippen LogP contribution in [0.1, 0.15) is 44.9 Å². The molecule has 1 fully saturated rings. The zero-order chi connectivity index (χ0) is 16.9. The molecule has 1 aliphatic rings. The van der Waals surface area contributed by atoms with Crippen LogP contribution in [0.2, 0.25) is 0 Å². The Morgan fingerprint density at radius 3 is 2.57 bits per heavy atom. The Labute approximate surface area is 143 Å². The Balaban J connectivity index is 1.78. The summed E-state index contributed by atoms with van der Waals surface area (Å²) in [5, 5.41) is 1.75. The van der Waals surface area contributed by atoms with Crippen LogP contribution in [0, 0.1) is 0 Å². The highest BCUT2D eigenvalue weighted by Crippen LogP contribution is 2.23. The SMILES string of the molecule is CN(C(=O)CCCN(C)S(=O)(=O)c1cccs1)C1CCCCC1. The number of hydrogen-bond acceptors (Lipinski definition) is 4. The predicted octanol–water partition coefficient (Wildman–Crippen LogP) is 2.94. The quantitative estimate of drug-likeness (QED) is 0.753. The lowest BCUT2D eigenvalue weighted by molar-refractivity contribution is -0.132. The minimum atomic E-state index is -3.41. The molecule has 0 radical (unpaired) electrons. The third kappa shape index (κ3) is 4.78. The van der Waals surface area contributed by atoms with Crippen molar-refractivity contribution in [1.29, 1.82) is 0 Å². The first-order valence-corrected chi connectivity index (χ1v) is 10.5. The van der Waals surface area contributed by atoms with E-state index >= 15 is 0 Å². The molecule has 7 heteroatoms. The summed E-state index contributed by atoms with van der Waals surface area (Å²) in [4.78, 5) is 14.1. The van der Waals surface area contributed by atoms with E-state index in [1.54, 1.807) is 24.6 Å². The van der Waals surface area contributed by atoms with Gasteiger partial charge in [0, 0.05) is 33.1 Å². The Hall–Kier alpha value is -0.920. The first kappa shape index (κ1) is 18.4. The molecule has 1 heterocycles. The van der Waals surface area contributed by atoms with Crippen LogP contribution < -0.4 is 0 Å². The number of nitrogens with zero attached hydrogens (tertiary/aromatic N) is 2. The van der Waals surface area contributed by atoms with Crippen LogP contribution in [-0.4, -0.2) is 50.2 Å². The maximum atomic E-state index is 12.3. The Morgan fingerprint density at radius 2 is 1.96 bits per heavy atom. The van der Waals surface area contributed by atoms with Crippen molar-refractivity contribution in [2.24, 2.45) is 0 Å². The topological polar surface area (TPSA) is 57.7 Å². The van der Waals surface area contributed by atoms with Crippen LogP contribution in [0.4, 0.5) is 0 Å². The van der Waals surface area contributed by atoms with Crippen LogP contribution in [0.25, 0.3) is 0 Å². The Morgan fingerprint density at radius 1 is 1.26 bits per heavy atom. The number of sulfonamides is 1. The summed E-state index contributed by atoms with van der Waals surface area (Å²) in [5.74, 6) is 0.124. The highest BCUT2D eigenvalue weighted by molar-refractivity contribution is 7.91. The van der Waals surface area contributed by atoms with Gasteiger partial charge in [-0.25, -0.2) is 12.7 Å². The number of carbonyl (C=O) groups is 1. The van der Waals surface area contributed by atoms with Gasteiger partial charge in [-0.05, 0) is 30.7 Å². The minimum absolute atomic E-state index is 0.124. The molecule has 1 aromatic rings. The van der Waals surface area contributed by atoms with Crippen LogP contribution in [0.15, 0.2) is 21.7 Å². The van der Waals surface area contributed by atoms with Gasteiger partial charge in [0.1, 0.15) is 4.21 Å². The molecule has 0 spiro atoms. The van der Waals surface area contributed by atoms with Gasteiger partial charge >= 0.3 is 0 Å². The number of amides is 1. The summed E-state index contributed by atoms with van der Waals surface area (Å²) in [6.07, 6.45) is 6.80. The number of hydrogen-bond donors (Lipinski definition) is 0. The fourth-order valence-electron chi connectivity index (χ4n) is 2.99. The molecule has 0 aromatic carbocycles. The average Bonchev–Trinajstić information content (AvgIpc) is 3.10. The Kier molecular flexibility index (Phi) is 6.61. The molecule has 1 amide bonds. The van der Waals surface area contributed by atoms with E-state index in [1.165, 1.54) is 34.9 Å². The predicted molar refractivity (Wildman–Crippen MR) is 93.0 cm³/mol. The van der Waals surface area contributed by atoms with Crippen LogP contribution in [-0.2, 0) is 14.8 Å². The first-order chi connectivity index (χ1) is 10.9. The largest absolute Gasteiger partial charge is 0.343 e. The lowest BCUT2D eigenvalue weighted by Crippen LogP contribution is -2.38. The van der Waals surface area contributed by atoms with Crippen molar-refractivity contribution in [1.82, 2.24) is 9.21 Å². The highest BCUT2D eigenvalue weighted by Gasteiger charge is 2.24. The smallest absolute Gasteiger partial charge is 0.252 e. The highest BCUT2D eigenvalue weighted by atomic mass is 32.2. The molecule has 1 saturated carbocycles. The minimum Gasteiger partial charge on any atom is -0.343 e. The standard InChI is InChI=1S/C16H26N2O3S2/c1-17(23(20,21)16-11-7-13-22-16)12-6-10-15(19)18(2)14-8-4-3-5-9-14/h7,11,13-14H,3-6,8-10,12H2,1-2H3. The molecule has 0 saturated heterocycles. The monoisotopic (exact) mass is 358 g/mol. The van der Waals surface area contributed by atoms with Crippen molar-refractivity contribution in [2.75, 3.05) is 20.6 Å². The van der Waals surface area contributed by atoms with Crippen molar-refractivity contribution < 1.29 is 13.2 Å². The van der Waals surface area contributed by atoms with Crippen LogP contribution in [0.5, 0.6) is 0 Å². The summed E-state index contributed by atoms with van der Waals surface area (Å²) >= 11 is 1.22. The zero-order valence-corrected chi connectivity index (χ0v) is 15.5. The Bertz CT molecular complexity index is 593. The normalized spacial score (nSPS) is 16.7. The first-order valence-electron chi connectivity index (χ1n) is 8.18. The van der Waals surface area contributed by atoms with E-state index in [-0.39, 0.29) is 5.91 Å². The summed E-state index contributed by atoms with van der Waals surface area (Å²) in [6, 6.07) is 3.70. The van der Waals surface area contributed by atoms with E-state index in [1.807, 2.05) is 11.9 Å². The zero-order valence-electron chi connectivity index (χ0n) is 13.9. The lowest BCUT2D eigenvalue weighted by Gasteiger charge is -2.31. The van der Waals surface area contributed by atoms with E-state index in [0.29, 0.717) is 29.6 Å². The van der Waals surface area contributed by atoms with Crippen molar-refractivity contribution in [2.45, 2.75) is 55.2 Å². The molecule has 23 heavy (non-hydrogen) atoms. The maximum Gasteiger partial charge on any atom is 0.252 e. The van der Waals surface area contributed by atoms with Crippen molar-refractivity contribution in [3.8, 4) is 0 Å².